The molecule has 0 amide bonds. The number of hydrogen-bond donors (Lipinski definition) is 0. The van der Waals surface area contributed by atoms with E-state index in [0.717, 1.165) is 33.4 Å². The lowest BCUT2D eigenvalue weighted by molar-refractivity contribution is 0.628. The third kappa shape index (κ3) is 4.41. The van der Waals surface area contributed by atoms with Crippen molar-refractivity contribution in [1.29, 1.82) is 0 Å². The van der Waals surface area contributed by atoms with E-state index in [2.05, 4.69) is 0 Å². The molecule has 0 saturated carbocycles. The molecule has 2 aromatic heterocycles. The molecule has 2 heterocycles. The molecule has 0 aliphatic rings. The summed E-state index contributed by atoms with van der Waals surface area (Å²) in [7, 11) is 0. The number of fused-ring (bicyclic) bond motifs is 1. The van der Waals surface area contributed by atoms with Crippen molar-refractivity contribution in [3.8, 4) is 51.2 Å². The molecule has 7 aromatic rings. The van der Waals surface area contributed by atoms with Gasteiger partial charge in [0, 0.05) is 27.9 Å². The summed E-state index contributed by atoms with van der Waals surface area (Å²) in [5.41, 5.74) is 6.08. The summed E-state index contributed by atoms with van der Waals surface area (Å²) in [5.74, 6) is 2.18. The summed E-state index contributed by atoms with van der Waals surface area (Å²) in [6, 6.07) is 42.3. The number of nitrogens with zero attached hydrogens (tertiary/aromatic N) is 5. The molecule has 0 spiro atoms. The summed E-state index contributed by atoms with van der Waals surface area (Å²) >= 11 is 0. The van der Waals surface area contributed by atoms with Gasteiger partial charge in [-0.15, -0.1) is 0 Å². The molecule has 40 heavy (non-hydrogen) atoms. The van der Waals surface area contributed by atoms with Crippen LogP contribution in [0, 0.1) is 5.82 Å². The Morgan fingerprint density at radius 1 is 0.450 bits per heavy atom. The van der Waals surface area contributed by atoms with Crippen LogP contribution in [0.2, 0.25) is 0 Å². The quantitative estimate of drug-likeness (QED) is 0.231. The first-order chi connectivity index (χ1) is 19.7. The molecule has 0 saturated heterocycles. The van der Waals surface area contributed by atoms with Crippen molar-refractivity contribution in [2.24, 2.45) is 0 Å². The normalized spacial score (nSPS) is 11.1. The Morgan fingerprint density at radius 2 is 0.975 bits per heavy atom. The molecule has 5 nitrogen and oxygen atoms in total. The first-order valence-electron chi connectivity index (χ1n) is 12.9. The van der Waals surface area contributed by atoms with E-state index in [1.54, 1.807) is 6.07 Å². The number of para-hydroxylation sites is 2. The van der Waals surface area contributed by atoms with Crippen LogP contribution >= 0.6 is 0 Å². The van der Waals surface area contributed by atoms with Crippen molar-refractivity contribution in [2.45, 2.75) is 0 Å². The number of benzene rings is 5. The summed E-state index contributed by atoms with van der Waals surface area (Å²) in [6.07, 6.45) is 0. The van der Waals surface area contributed by atoms with Gasteiger partial charge in [0.1, 0.15) is 11.6 Å². The van der Waals surface area contributed by atoms with Gasteiger partial charge in [-0.2, -0.15) is 0 Å². The predicted octanol–water partition coefficient (Wildman–Crippen LogP) is 8.02. The molecular formula is C34H22FN5. The Balaban J connectivity index is 1.35. The lowest BCUT2D eigenvalue weighted by Crippen LogP contribution is -2.01. The minimum atomic E-state index is -0.301. The highest BCUT2D eigenvalue weighted by Crippen LogP contribution is 2.31. The second-order valence-corrected chi connectivity index (χ2v) is 9.36. The zero-order valence-electron chi connectivity index (χ0n) is 21.3. The van der Waals surface area contributed by atoms with E-state index in [1.165, 1.54) is 12.1 Å². The number of rotatable bonds is 5. The molecule has 0 bridgehead atoms. The topological polar surface area (TPSA) is 56.5 Å². The summed E-state index contributed by atoms with van der Waals surface area (Å²) < 4.78 is 16.2. The molecule has 0 atom stereocenters. The van der Waals surface area contributed by atoms with Crippen molar-refractivity contribution in [3.63, 3.8) is 0 Å². The average molecular weight is 520 g/mol. The Bertz CT molecular complexity index is 1890. The fourth-order valence-electron chi connectivity index (χ4n) is 4.81. The largest absolute Gasteiger partial charge is 0.292 e. The molecule has 5 aromatic carbocycles. The number of hydrogen-bond acceptors (Lipinski definition) is 4. The molecule has 0 radical (unpaired) electrons. The fraction of sp³-hybridized carbons (Fsp3) is 0. The first-order valence-corrected chi connectivity index (χ1v) is 12.9. The highest BCUT2D eigenvalue weighted by atomic mass is 19.1. The molecule has 0 fully saturated rings. The smallest absolute Gasteiger partial charge is 0.164 e. The monoisotopic (exact) mass is 519 g/mol. The van der Waals surface area contributed by atoms with Gasteiger partial charge in [0.15, 0.2) is 17.5 Å². The number of aromatic nitrogens is 5. The van der Waals surface area contributed by atoms with Gasteiger partial charge in [-0.25, -0.2) is 24.3 Å². The van der Waals surface area contributed by atoms with E-state index < -0.39 is 0 Å². The van der Waals surface area contributed by atoms with Crippen LogP contribution in [0.4, 0.5) is 4.39 Å². The molecular weight excluding hydrogens is 497 g/mol. The van der Waals surface area contributed by atoms with Crippen LogP contribution in [-0.2, 0) is 0 Å². The summed E-state index contributed by atoms with van der Waals surface area (Å²) in [4.78, 5) is 19.3. The van der Waals surface area contributed by atoms with Crippen molar-refractivity contribution < 1.29 is 4.39 Å². The summed E-state index contributed by atoms with van der Waals surface area (Å²) in [5, 5.41) is 0. The molecule has 0 aliphatic carbocycles. The van der Waals surface area contributed by atoms with E-state index >= 15 is 0 Å². The van der Waals surface area contributed by atoms with E-state index in [0.29, 0.717) is 28.9 Å². The maximum atomic E-state index is 14.1. The average Bonchev–Trinajstić information content (AvgIpc) is 3.42. The van der Waals surface area contributed by atoms with Gasteiger partial charge in [-0.1, -0.05) is 84.9 Å². The van der Waals surface area contributed by atoms with Gasteiger partial charge >= 0.3 is 0 Å². The lowest BCUT2D eigenvalue weighted by Gasteiger charge is -2.11. The molecule has 0 unspecified atom stereocenters. The Hall–Kier alpha value is -5.49. The van der Waals surface area contributed by atoms with Crippen molar-refractivity contribution in [2.75, 3.05) is 0 Å². The van der Waals surface area contributed by atoms with Gasteiger partial charge in [0.2, 0.25) is 0 Å². The molecule has 7 rings (SSSR count). The third-order valence-corrected chi connectivity index (χ3v) is 6.73. The van der Waals surface area contributed by atoms with Crippen LogP contribution in [0.25, 0.3) is 62.3 Å². The van der Waals surface area contributed by atoms with Crippen molar-refractivity contribution >= 4 is 11.0 Å². The van der Waals surface area contributed by atoms with Crippen LogP contribution < -0.4 is 0 Å². The zero-order chi connectivity index (χ0) is 26.9. The van der Waals surface area contributed by atoms with E-state index in [9.17, 15) is 4.39 Å². The van der Waals surface area contributed by atoms with Crippen LogP contribution in [0.15, 0.2) is 133 Å². The van der Waals surface area contributed by atoms with Gasteiger partial charge < -0.3 is 0 Å². The standard InChI is InChI=1S/C34H22FN5/c35-27-15-9-14-26(22-27)34-36-29-16-7-8-17-30(29)40(34)28-20-18-25(19-21-28)33-38-31(23-10-3-1-4-11-23)37-32(39-33)24-12-5-2-6-13-24/h1-22H. The van der Waals surface area contributed by atoms with E-state index in [1.807, 2.05) is 120 Å². The van der Waals surface area contributed by atoms with E-state index in [-0.39, 0.29) is 5.82 Å². The highest BCUT2D eigenvalue weighted by Gasteiger charge is 2.16. The van der Waals surface area contributed by atoms with Crippen LogP contribution in [-0.4, -0.2) is 24.5 Å². The van der Waals surface area contributed by atoms with Gasteiger partial charge in [0.25, 0.3) is 0 Å². The van der Waals surface area contributed by atoms with Gasteiger partial charge in [-0.05, 0) is 48.5 Å². The van der Waals surface area contributed by atoms with Crippen molar-refractivity contribution in [1.82, 2.24) is 24.5 Å². The fourth-order valence-corrected chi connectivity index (χ4v) is 4.81. The van der Waals surface area contributed by atoms with Gasteiger partial charge in [-0.3, -0.25) is 4.57 Å². The number of imidazole rings is 1. The van der Waals surface area contributed by atoms with Crippen molar-refractivity contribution in [3.05, 3.63) is 139 Å². The minimum Gasteiger partial charge on any atom is -0.292 e. The minimum absolute atomic E-state index is 0.301. The van der Waals surface area contributed by atoms with Crippen LogP contribution in [0.1, 0.15) is 0 Å². The maximum absolute atomic E-state index is 14.1. The second-order valence-electron chi connectivity index (χ2n) is 9.36. The first kappa shape index (κ1) is 23.6. The molecule has 0 aliphatic heterocycles. The Kier molecular flexibility index (Phi) is 5.90. The van der Waals surface area contributed by atoms with E-state index in [4.69, 9.17) is 19.9 Å². The molecule has 0 N–H and O–H groups in total. The van der Waals surface area contributed by atoms with Gasteiger partial charge in [0.05, 0.1) is 11.0 Å². The Morgan fingerprint density at radius 3 is 1.57 bits per heavy atom. The highest BCUT2D eigenvalue weighted by molar-refractivity contribution is 5.83. The van der Waals surface area contributed by atoms with Crippen LogP contribution in [0.5, 0.6) is 0 Å². The zero-order valence-corrected chi connectivity index (χ0v) is 21.3. The maximum Gasteiger partial charge on any atom is 0.164 e. The summed E-state index contributed by atoms with van der Waals surface area (Å²) in [6.45, 7) is 0. The van der Waals surface area contributed by atoms with Crippen LogP contribution in [0.3, 0.4) is 0 Å². The third-order valence-electron chi connectivity index (χ3n) is 6.73. The lowest BCUT2D eigenvalue weighted by atomic mass is 10.1. The molecule has 6 heteroatoms. The SMILES string of the molecule is Fc1cccc(-c2nc3ccccc3n2-c2ccc(-c3nc(-c4ccccc4)nc(-c4ccccc4)n3)cc2)c1. The molecule has 190 valence electrons. The number of halogens is 1. The second kappa shape index (κ2) is 10.0. The predicted molar refractivity (Wildman–Crippen MR) is 156 cm³/mol. The Labute approximate surface area is 230 Å².